The first-order valence-electron chi connectivity index (χ1n) is 7.17. The van der Waals surface area contributed by atoms with E-state index in [2.05, 4.69) is 5.32 Å². The molecule has 0 radical (unpaired) electrons. The third kappa shape index (κ3) is 3.12. The number of benzene rings is 2. The van der Waals surface area contributed by atoms with Gasteiger partial charge in [0.05, 0.1) is 12.5 Å². The molecule has 122 valence electrons. The van der Waals surface area contributed by atoms with Crippen molar-refractivity contribution in [1.29, 1.82) is 0 Å². The lowest BCUT2D eigenvalue weighted by atomic mass is 10.1. The van der Waals surface area contributed by atoms with E-state index in [1.165, 1.54) is 7.11 Å². The first-order chi connectivity index (χ1) is 11.5. The molecule has 0 aliphatic rings. The van der Waals surface area contributed by atoms with Gasteiger partial charge in [0.1, 0.15) is 11.3 Å². The Balaban J connectivity index is 1.98. The number of rotatable bonds is 3. The van der Waals surface area contributed by atoms with Crippen molar-refractivity contribution < 1.29 is 13.9 Å². The average molecular weight is 344 g/mol. The highest BCUT2D eigenvalue weighted by Crippen LogP contribution is 2.23. The summed E-state index contributed by atoms with van der Waals surface area (Å²) < 4.78 is 10.7. The molecule has 0 atom stereocenters. The van der Waals surface area contributed by atoms with Gasteiger partial charge in [-0.2, -0.15) is 0 Å². The van der Waals surface area contributed by atoms with Crippen molar-refractivity contribution >= 4 is 34.2 Å². The van der Waals surface area contributed by atoms with Crippen LogP contribution in [0.2, 0.25) is 5.02 Å². The van der Waals surface area contributed by atoms with Gasteiger partial charge in [-0.1, -0.05) is 17.7 Å². The molecule has 1 aromatic heterocycles. The van der Waals surface area contributed by atoms with Gasteiger partial charge in [-0.05, 0) is 36.8 Å². The molecule has 2 aromatic carbocycles. The number of hydrogen-bond acceptors (Lipinski definition) is 4. The number of carbonyl (C=O) groups is 1. The summed E-state index contributed by atoms with van der Waals surface area (Å²) in [6.07, 6.45) is 0. The fourth-order valence-electron chi connectivity index (χ4n) is 2.28. The third-order valence-corrected chi connectivity index (χ3v) is 3.97. The molecular weight excluding hydrogens is 330 g/mol. The molecule has 0 fully saturated rings. The molecule has 3 aromatic rings. The first kappa shape index (κ1) is 16.1. The average Bonchev–Trinajstić information content (AvgIpc) is 2.56. The predicted molar refractivity (Wildman–Crippen MR) is 93.2 cm³/mol. The lowest BCUT2D eigenvalue weighted by Crippen LogP contribution is -2.15. The molecule has 1 N–H and O–H groups in total. The molecule has 0 saturated carbocycles. The molecule has 6 heteroatoms. The second kappa shape index (κ2) is 6.37. The highest BCUT2D eigenvalue weighted by Gasteiger charge is 2.14. The summed E-state index contributed by atoms with van der Waals surface area (Å²) in [4.78, 5) is 24.6. The van der Waals surface area contributed by atoms with Gasteiger partial charge in [0.2, 0.25) is 0 Å². The topological polar surface area (TPSA) is 68.5 Å². The number of nitrogens with one attached hydrogen (secondary N) is 1. The SMILES string of the molecule is COc1cccc(NC(=O)c2cc(=O)c3cc(Cl)c(C)cc3o2)c1. The van der Waals surface area contributed by atoms with Gasteiger partial charge < -0.3 is 14.5 Å². The van der Waals surface area contributed by atoms with Crippen LogP contribution in [0.4, 0.5) is 5.69 Å². The van der Waals surface area contributed by atoms with Gasteiger partial charge in [0.25, 0.3) is 5.91 Å². The summed E-state index contributed by atoms with van der Waals surface area (Å²) in [5.41, 5.74) is 1.29. The maximum atomic E-state index is 12.4. The number of hydrogen-bond donors (Lipinski definition) is 1. The number of halogens is 1. The quantitative estimate of drug-likeness (QED) is 0.780. The third-order valence-electron chi connectivity index (χ3n) is 3.56. The van der Waals surface area contributed by atoms with E-state index in [1.807, 2.05) is 0 Å². The fraction of sp³-hybridized carbons (Fsp3) is 0.111. The minimum absolute atomic E-state index is 0.0722. The van der Waals surface area contributed by atoms with Crippen LogP contribution in [0.3, 0.4) is 0 Å². The Morgan fingerprint density at radius 2 is 2.00 bits per heavy atom. The summed E-state index contributed by atoms with van der Waals surface area (Å²) in [6.45, 7) is 1.80. The molecule has 24 heavy (non-hydrogen) atoms. The fourth-order valence-corrected chi connectivity index (χ4v) is 2.45. The van der Waals surface area contributed by atoms with E-state index in [0.717, 1.165) is 11.6 Å². The predicted octanol–water partition coefficient (Wildman–Crippen LogP) is 4.02. The molecule has 0 saturated heterocycles. The van der Waals surface area contributed by atoms with E-state index in [4.69, 9.17) is 20.8 Å². The number of amides is 1. The lowest BCUT2D eigenvalue weighted by Gasteiger charge is -2.07. The Hall–Kier alpha value is -2.79. The normalized spacial score (nSPS) is 10.6. The Kier molecular flexibility index (Phi) is 4.27. The van der Waals surface area contributed by atoms with Crippen LogP contribution in [-0.4, -0.2) is 13.0 Å². The van der Waals surface area contributed by atoms with E-state index in [1.54, 1.807) is 43.3 Å². The van der Waals surface area contributed by atoms with Crippen LogP contribution in [0.1, 0.15) is 16.1 Å². The van der Waals surface area contributed by atoms with Gasteiger partial charge >= 0.3 is 0 Å². The monoisotopic (exact) mass is 343 g/mol. The Morgan fingerprint density at radius 3 is 2.75 bits per heavy atom. The molecular formula is C18H14ClNO4. The van der Waals surface area contributed by atoms with Crippen LogP contribution in [0.15, 0.2) is 51.7 Å². The van der Waals surface area contributed by atoms with Crippen molar-refractivity contribution in [3.63, 3.8) is 0 Å². The summed E-state index contributed by atoms with van der Waals surface area (Å²) in [6, 6.07) is 11.2. The summed E-state index contributed by atoms with van der Waals surface area (Å²) in [7, 11) is 1.54. The second-order valence-electron chi connectivity index (χ2n) is 5.26. The number of methoxy groups -OCH3 is 1. The van der Waals surface area contributed by atoms with Crippen molar-refractivity contribution in [3.05, 3.63) is 69.0 Å². The lowest BCUT2D eigenvalue weighted by molar-refractivity contribution is 0.0997. The number of carbonyl (C=O) groups excluding carboxylic acids is 1. The van der Waals surface area contributed by atoms with Crippen molar-refractivity contribution in [2.45, 2.75) is 6.92 Å². The van der Waals surface area contributed by atoms with E-state index in [0.29, 0.717) is 27.4 Å². The number of fused-ring (bicyclic) bond motifs is 1. The van der Waals surface area contributed by atoms with Crippen LogP contribution < -0.4 is 15.5 Å². The molecule has 0 aliphatic carbocycles. The Morgan fingerprint density at radius 1 is 1.21 bits per heavy atom. The molecule has 1 heterocycles. The highest BCUT2D eigenvalue weighted by atomic mass is 35.5. The molecule has 0 bridgehead atoms. The van der Waals surface area contributed by atoms with Crippen LogP contribution in [-0.2, 0) is 0 Å². The van der Waals surface area contributed by atoms with E-state index >= 15 is 0 Å². The minimum atomic E-state index is -0.519. The number of ether oxygens (including phenoxy) is 1. The molecule has 0 aliphatic heterocycles. The summed E-state index contributed by atoms with van der Waals surface area (Å²) in [5.74, 6) is 0.0185. The van der Waals surface area contributed by atoms with Crippen LogP contribution in [0.25, 0.3) is 11.0 Å². The van der Waals surface area contributed by atoms with Gasteiger partial charge in [-0.25, -0.2) is 0 Å². The Labute approximate surface area is 142 Å². The van der Waals surface area contributed by atoms with Crippen molar-refractivity contribution in [2.75, 3.05) is 12.4 Å². The maximum Gasteiger partial charge on any atom is 0.291 e. The van der Waals surface area contributed by atoms with Crippen molar-refractivity contribution in [1.82, 2.24) is 0 Å². The van der Waals surface area contributed by atoms with Gasteiger partial charge in [-0.15, -0.1) is 0 Å². The van der Waals surface area contributed by atoms with E-state index in [-0.39, 0.29) is 11.2 Å². The molecule has 0 unspecified atom stereocenters. The van der Waals surface area contributed by atoms with Crippen LogP contribution >= 0.6 is 11.6 Å². The van der Waals surface area contributed by atoms with Crippen LogP contribution in [0.5, 0.6) is 5.75 Å². The molecule has 1 amide bonds. The van der Waals surface area contributed by atoms with E-state index < -0.39 is 5.91 Å². The number of anilines is 1. The zero-order valence-electron chi connectivity index (χ0n) is 13.1. The minimum Gasteiger partial charge on any atom is -0.497 e. The van der Waals surface area contributed by atoms with Gasteiger partial charge in [-0.3, -0.25) is 9.59 Å². The molecule has 0 spiro atoms. The van der Waals surface area contributed by atoms with Crippen LogP contribution in [0, 0.1) is 6.92 Å². The zero-order valence-corrected chi connectivity index (χ0v) is 13.8. The second-order valence-corrected chi connectivity index (χ2v) is 5.67. The standard InChI is InChI=1S/C18H14ClNO4/c1-10-6-16-13(8-14(10)19)15(21)9-17(24-16)18(22)20-11-4-3-5-12(7-11)23-2/h3-9H,1-2H3,(H,20,22). The van der Waals surface area contributed by atoms with Crippen molar-refractivity contribution in [2.24, 2.45) is 0 Å². The highest BCUT2D eigenvalue weighted by molar-refractivity contribution is 6.32. The van der Waals surface area contributed by atoms with Gasteiger partial charge in [0, 0.05) is 22.8 Å². The first-order valence-corrected chi connectivity index (χ1v) is 7.55. The maximum absolute atomic E-state index is 12.4. The largest absolute Gasteiger partial charge is 0.497 e. The zero-order chi connectivity index (χ0) is 17.3. The summed E-state index contributed by atoms with van der Waals surface area (Å²) in [5, 5.41) is 3.49. The molecule has 5 nitrogen and oxygen atoms in total. The van der Waals surface area contributed by atoms with Crippen molar-refractivity contribution in [3.8, 4) is 5.75 Å². The molecule has 3 rings (SSSR count). The number of aryl methyl sites for hydroxylation is 1. The van der Waals surface area contributed by atoms with E-state index in [9.17, 15) is 9.59 Å². The smallest absolute Gasteiger partial charge is 0.291 e. The Bertz CT molecular complexity index is 994. The van der Waals surface area contributed by atoms with Gasteiger partial charge in [0.15, 0.2) is 11.2 Å². The summed E-state index contributed by atoms with van der Waals surface area (Å²) >= 11 is 6.03.